The SMILES string of the molecule is CC(C)(C)OC(=O)Nc1cc(OCc2c(Cl)cccc2Cl)cc2c1OCC(=O)N2CC(=O)O. The monoisotopic (exact) mass is 496 g/mol. The van der Waals surface area contributed by atoms with Gasteiger partial charge in [0.05, 0.1) is 11.4 Å². The average molecular weight is 497 g/mol. The van der Waals surface area contributed by atoms with Crippen LogP contribution < -0.4 is 19.7 Å². The molecule has 0 unspecified atom stereocenters. The van der Waals surface area contributed by atoms with Gasteiger partial charge < -0.3 is 19.3 Å². The molecule has 3 rings (SSSR count). The maximum Gasteiger partial charge on any atom is 0.412 e. The van der Waals surface area contributed by atoms with E-state index >= 15 is 0 Å². The molecule has 0 spiro atoms. The maximum absolute atomic E-state index is 12.4. The topological polar surface area (TPSA) is 114 Å². The minimum absolute atomic E-state index is 0.0170. The number of aliphatic carboxylic acids is 1. The van der Waals surface area contributed by atoms with E-state index in [4.69, 9.17) is 37.4 Å². The molecule has 0 aliphatic carbocycles. The van der Waals surface area contributed by atoms with Gasteiger partial charge >= 0.3 is 12.1 Å². The molecule has 1 heterocycles. The summed E-state index contributed by atoms with van der Waals surface area (Å²) in [5.74, 6) is -1.44. The van der Waals surface area contributed by atoms with E-state index in [0.717, 1.165) is 4.90 Å². The zero-order valence-corrected chi connectivity index (χ0v) is 19.6. The van der Waals surface area contributed by atoms with Gasteiger partial charge in [-0.15, -0.1) is 0 Å². The van der Waals surface area contributed by atoms with E-state index in [-0.39, 0.29) is 29.5 Å². The normalized spacial score (nSPS) is 13.1. The summed E-state index contributed by atoms with van der Waals surface area (Å²) in [4.78, 5) is 37.1. The predicted molar refractivity (Wildman–Crippen MR) is 123 cm³/mol. The quantitative estimate of drug-likeness (QED) is 0.593. The third-order valence-electron chi connectivity index (χ3n) is 4.35. The number of carboxylic acid groups (broad SMARTS) is 1. The van der Waals surface area contributed by atoms with Crippen LogP contribution in [0.5, 0.6) is 11.5 Å². The van der Waals surface area contributed by atoms with Gasteiger partial charge in [-0.25, -0.2) is 4.79 Å². The Labute approximate surface area is 200 Å². The molecule has 0 radical (unpaired) electrons. The number of halogens is 2. The molecule has 1 aliphatic heterocycles. The van der Waals surface area contributed by atoms with E-state index in [0.29, 0.717) is 15.6 Å². The van der Waals surface area contributed by atoms with Crippen LogP contribution >= 0.6 is 23.2 Å². The Kier molecular flexibility index (Phi) is 7.24. The van der Waals surface area contributed by atoms with Gasteiger partial charge in [-0.2, -0.15) is 0 Å². The smallest absolute Gasteiger partial charge is 0.412 e. The van der Waals surface area contributed by atoms with Crippen molar-refractivity contribution in [1.29, 1.82) is 0 Å². The Morgan fingerprint density at radius 2 is 1.88 bits per heavy atom. The molecule has 11 heteroatoms. The Bertz CT molecular complexity index is 1080. The summed E-state index contributed by atoms with van der Waals surface area (Å²) in [5.41, 5.74) is 0.0490. The fourth-order valence-electron chi connectivity index (χ4n) is 3.01. The van der Waals surface area contributed by atoms with Crippen LogP contribution in [-0.2, 0) is 20.9 Å². The molecule has 2 N–H and O–H groups in total. The highest BCUT2D eigenvalue weighted by Crippen LogP contribution is 2.43. The number of rotatable bonds is 6. The first-order chi connectivity index (χ1) is 15.4. The van der Waals surface area contributed by atoms with Gasteiger partial charge in [0.25, 0.3) is 5.91 Å². The third kappa shape index (κ3) is 6.21. The highest BCUT2D eigenvalue weighted by molar-refractivity contribution is 6.35. The Morgan fingerprint density at radius 1 is 1.21 bits per heavy atom. The number of carbonyl (C=O) groups is 3. The Morgan fingerprint density at radius 3 is 2.48 bits per heavy atom. The highest BCUT2D eigenvalue weighted by atomic mass is 35.5. The number of nitrogens with one attached hydrogen (secondary N) is 1. The van der Waals surface area contributed by atoms with Crippen molar-refractivity contribution in [2.24, 2.45) is 0 Å². The van der Waals surface area contributed by atoms with Gasteiger partial charge in [0.15, 0.2) is 12.4 Å². The van der Waals surface area contributed by atoms with Crippen molar-refractivity contribution in [3.8, 4) is 11.5 Å². The van der Waals surface area contributed by atoms with Crippen molar-refractivity contribution in [2.45, 2.75) is 33.0 Å². The van der Waals surface area contributed by atoms with Crippen molar-refractivity contribution >= 4 is 52.5 Å². The van der Waals surface area contributed by atoms with E-state index < -0.39 is 36.7 Å². The molecule has 0 bridgehead atoms. The summed E-state index contributed by atoms with van der Waals surface area (Å²) in [6, 6.07) is 7.94. The molecule has 0 saturated carbocycles. The molecule has 33 heavy (non-hydrogen) atoms. The molecule has 1 aliphatic rings. The second-order valence-electron chi connectivity index (χ2n) is 8.10. The second kappa shape index (κ2) is 9.76. The number of benzene rings is 2. The molecule has 0 atom stereocenters. The lowest BCUT2D eigenvalue weighted by molar-refractivity contribution is -0.137. The standard InChI is InChI=1S/C22H22Cl2N2O7/c1-22(2,3)33-21(30)25-16-7-12(31-10-13-14(23)5-4-6-15(13)24)8-17-20(16)32-11-18(27)26(17)9-19(28)29/h4-8H,9-11H2,1-3H3,(H,25,30)(H,28,29). The first kappa shape index (κ1) is 24.5. The van der Waals surface area contributed by atoms with Gasteiger partial charge in [0.2, 0.25) is 0 Å². The fourth-order valence-corrected chi connectivity index (χ4v) is 3.52. The maximum atomic E-state index is 12.4. The van der Waals surface area contributed by atoms with E-state index in [1.807, 2.05) is 0 Å². The van der Waals surface area contributed by atoms with Crippen LogP contribution in [0.3, 0.4) is 0 Å². The lowest BCUT2D eigenvalue weighted by Crippen LogP contribution is -2.42. The zero-order valence-electron chi connectivity index (χ0n) is 18.1. The second-order valence-corrected chi connectivity index (χ2v) is 8.91. The first-order valence-electron chi connectivity index (χ1n) is 9.83. The molecule has 2 aromatic carbocycles. The van der Waals surface area contributed by atoms with Crippen molar-refractivity contribution < 1.29 is 33.7 Å². The Balaban J connectivity index is 1.99. The lowest BCUT2D eigenvalue weighted by Gasteiger charge is -2.30. The van der Waals surface area contributed by atoms with Crippen molar-refractivity contribution in [3.05, 3.63) is 45.9 Å². The van der Waals surface area contributed by atoms with Gasteiger partial charge in [-0.1, -0.05) is 29.3 Å². The molecule has 2 amide bonds. The van der Waals surface area contributed by atoms with Crippen LogP contribution in [0, 0.1) is 0 Å². The summed E-state index contributed by atoms with van der Waals surface area (Å²) < 4.78 is 16.6. The molecular weight excluding hydrogens is 475 g/mol. The number of fused-ring (bicyclic) bond motifs is 1. The number of ether oxygens (including phenoxy) is 3. The molecule has 0 aromatic heterocycles. The Hall–Kier alpha value is -3.17. The van der Waals surface area contributed by atoms with Crippen LogP contribution in [0.15, 0.2) is 30.3 Å². The van der Waals surface area contributed by atoms with Gasteiger partial charge in [-0.05, 0) is 32.9 Å². The van der Waals surface area contributed by atoms with Crippen molar-refractivity contribution in [1.82, 2.24) is 0 Å². The van der Waals surface area contributed by atoms with Gasteiger partial charge in [0.1, 0.15) is 24.5 Å². The van der Waals surface area contributed by atoms with Crippen molar-refractivity contribution in [3.63, 3.8) is 0 Å². The van der Waals surface area contributed by atoms with Crippen LogP contribution in [-0.4, -0.2) is 41.8 Å². The predicted octanol–water partition coefficient (Wildman–Crippen LogP) is 4.73. The molecule has 176 valence electrons. The largest absolute Gasteiger partial charge is 0.489 e. The fraction of sp³-hybridized carbons (Fsp3) is 0.318. The minimum Gasteiger partial charge on any atom is -0.489 e. The number of anilines is 2. The van der Waals surface area contributed by atoms with E-state index in [1.54, 1.807) is 39.0 Å². The lowest BCUT2D eigenvalue weighted by atomic mass is 10.1. The summed E-state index contributed by atoms with van der Waals surface area (Å²) in [7, 11) is 0. The molecule has 0 saturated heterocycles. The molecular formula is C22H22Cl2N2O7. The third-order valence-corrected chi connectivity index (χ3v) is 5.06. The van der Waals surface area contributed by atoms with Crippen LogP contribution in [0.1, 0.15) is 26.3 Å². The highest BCUT2D eigenvalue weighted by Gasteiger charge is 2.31. The summed E-state index contributed by atoms with van der Waals surface area (Å²) in [5, 5.41) is 12.6. The number of carbonyl (C=O) groups excluding carboxylic acids is 2. The molecule has 9 nitrogen and oxygen atoms in total. The van der Waals surface area contributed by atoms with Crippen molar-refractivity contribution in [2.75, 3.05) is 23.4 Å². The summed E-state index contributed by atoms with van der Waals surface area (Å²) >= 11 is 12.4. The first-order valence-corrected chi connectivity index (χ1v) is 10.6. The van der Waals surface area contributed by atoms with E-state index in [2.05, 4.69) is 5.32 Å². The number of amides is 2. The van der Waals surface area contributed by atoms with Gasteiger partial charge in [-0.3, -0.25) is 19.8 Å². The molecule has 0 fully saturated rings. The minimum atomic E-state index is -1.22. The van der Waals surface area contributed by atoms with E-state index in [9.17, 15) is 19.5 Å². The zero-order chi connectivity index (χ0) is 24.3. The molecule has 2 aromatic rings. The average Bonchev–Trinajstić information content (AvgIpc) is 2.68. The number of carboxylic acids is 1. The number of hydrogen-bond acceptors (Lipinski definition) is 6. The van der Waals surface area contributed by atoms with Crippen LogP contribution in [0.25, 0.3) is 0 Å². The van der Waals surface area contributed by atoms with E-state index in [1.165, 1.54) is 12.1 Å². The summed E-state index contributed by atoms with van der Waals surface area (Å²) in [6.07, 6.45) is -0.763. The van der Waals surface area contributed by atoms with Gasteiger partial charge in [0, 0.05) is 27.7 Å². The van der Waals surface area contributed by atoms with Crippen LogP contribution in [0.2, 0.25) is 10.0 Å². The van der Waals surface area contributed by atoms with Crippen LogP contribution in [0.4, 0.5) is 16.2 Å². The summed E-state index contributed by atoms with van der Waals surface area (Å²) in [6.45, 7) is 4.12. The number of hydrogen-bond donors (Lipinski definition) is 2. The number of nitrogens with zero attached hydrogens (tertiary/aromatic N) is 1.